The van der Waals surface area contributed by atoms with Gasteiger partial charge in [-0.1, -0.05) is 13.3 Å². The van der Waals surface area contributed by atoms with Crippen molar-refractivity contribution in [1.82, 2.24) is 0 Å². The van der Waals surface area contributed by atoms with E-state index in [4.69, 9.17) is 5.73 Å². The van der Waals surface area contributed by atoms with E-state index in [2.05, 4.69) is 17.0 Å². The molecule has 3 N–H and O–H groups in total. The third-order valence-corrected chi connectivity index (χ3v) is 5.40. The number of fused-ring (bicyclic) bond motifs is 1. The second-order valence-corrected chi connectivity index (χ2v) is 6.82. The average Bonchev–Trinajstić information content (AvgIpc) is 2.89. The van der Waals surface area contributed by atoms with Crippen molar-refractivity contribution in [3.05, 3.63) is 16.0 Å². The van der Waals surface area contributed by atoms with Crippen molar-refractivity contribution >= 4 is 34.1 Å². The Kier molecular flexibility index (Phi) is 5.76. The van der Waals surface area contributed by atoms with Crippen LogP contribution in [0.5, 0.6) is 0 Å². The SMILES string of the molecule is CC[C@@H]1CCc2c(sc(NC(=O)CCC(=O)OC)c2C(N)=O)C1. The number of carbonyl (C=O) groups excluding carboxylic acids is 3. The van der Waals surface area contributed by atoms with Gasteiger partial charge in [-0.3, -0.25) is 14.4 Å². The quantitative estimate of drug-likeness (QED) is 0.777. The molecule has 0 unspecified atom stereocenters. The molecule has 0 aromatic carbocycles. The maximum Gasteiger partial charge on any atom is 0.306 e. The highest BCUT2D eigenvalue weighted by atomic mass is 32.1. The first-order valence-corrected chi connectivity index (χ1v) is 8.58. The molecule has 1 aromatic rings. The third kappa shape index (κ3) is 4.10. The summed E-state index contributed by atoms with van der Waals surface area (Å²) < 4.78 is 4.51. The van der Waals surface area contributed by atoms with Gasteiger partial charge in [-0.05, 0) is 30.7 Å². The van der Waals surface area contributed by atoms with E-state index >= 15 is 0 Å². The van der Waals surface area contributed by atoms with Crippen molar-refractivity contribution in [2.24, 2.45) is 11.7 Å². The molecule has 0 bridgehead atoms. The van der Waals surface area contributed by atoms with Crippen LogP contribution in [0, 0.1) is 5.92 Å². The van der Waals surface area contributed by atoms with Crippen LogP contribution >= 0.6 is 11.3 Å². The van der Waals surface area contributed by atoms with Crippen molar-refractivity contribution in [2.45, 2.75) is 45.4 Å². The van der Waals surface area contributed by atoms with Crippen molar-refractivity contribution in [3.63, 3.8) is 0 Å². The van der Waals surface area contributed by atoms with Crippen LogP contribution in [-0.4, -0.2) is 24.9 Å². The van der Waals surface area contributed by atoms with Gasteiger partial charge in [-0.2, -0.15) is 0 Å². The minimum Gasteiger partial charge on any atom is -0.469 e. The molecule has 126 valence electrons. The highest BCUT2D eigenvalue weighted by Crippen LogP contribution is 2.40. The van der Waals surface area contributed by atoms with Crippen LogP contribution in [-0.2, 0) is 27.2 Å². The number of anilines is 1. The molecule has 1 aliphatic rings. The first kappa shape index (κ1) is 17.5. The van der Waals surface area contributed by atoms with Gasteiger partial charge in [0.15, 0.2) is 0 Å². The van der Waals surface area contributed by atoms with E-state index in [1.165, 1.54) is 18.4 Å². The van der Waals surface area contributed by atoms with Gasteiger partial charge >= 0.3 is 5.97 Å². The number of hydrogen-bond acceptors (Lipinski definition) is 5. The molecule has 0 saturated carbocycles. The Hall–Kier alpha value is -1.89. The maximum absolute atomic E-state index is 12.0. The Morgan fingerprint density at radius 3 is 2.70 bits per heavy atom. The Balaban J connectivity index is 2.15. The normalized spacial score (nSPS) is 16.5. The van der Waals surface area contributed by atoms with Gasteiger partial charge in [0.25, 0.3) is 5.91 Å². The van der Waals surface area contributed by atoms with E-state index in [-0.39, 0.29) is 18.7 Å². The molecule has 0 spiro atoms. The number of carbonyl (C=O) groups is 3. The average molecular weight is 338 g/mol. The van der Waals surface area contributed by atoms with Crippen LogP contribution in [0.1, 0.15) is 53.4 Å². The summed E-state index contributed by atoms with van der Waals surface area (Å²) >= 11 is 1.43. The lowest BCUT2D eigenvalue weighted by Crippen LogP contribution is -2.20. The second-order valence-electron chi connectivity index (χ2n) is 5.71. The number of rotatable bonds is 6. The molecule has 0 fully saturated rings. The van der Waals surface area contributed by atoms with Crippen LogP contribution in [0.15, 0.2) is 0 Å². The van der Waals surface area contributed by atoms with E-state index in [1.807, 2.05) is 0 Å². The predicted octanol–water partition coefficient (Wildman–Crippen LogP) is 2.25. The summed E-state index contributed by atoms with van der Waals surface area (Å²) in [7, 11) is 1.28. The fourth-order valence-electron chi connectivity index (χ4n) is 2.86. The molecule has 23 heavy (non-hydrogen) atoms. The summed E-state index contributed by atoms with van der Waals surface area (Å²) in [5, 5.41) is 3.24. The van der Waals surface area contributed by atoms with Gasteiger partial charge in [0.05, 0.1) is 19.1 Å². The number of hydrogen-bond donors (Lipinski definition) is 2. The van der Waals surface area contributed by atoms with Crippen LogP contribution in [0.4, 0.5) is 5.00 Å². The lowest BCUT2D eigenvalue weighted by molar-refractivity contribution is -0.141. The van der Waals surface area contributed by atoms with Crippen LogP contribution in [0.3, 0.4) is 0 Å². The zero-order chi connectivity index (χ0) is 17.0. The van der Waals surface area contributed by atoms with E-state index in [9.17, 15) is 14.4 Å². The summed E-state index contributed by atoms with van der Waals surface area (Å²) in [5.41, 5.74) is 6.93. The number of primary amides is 1. The molecule has 6 nitrogen and oxygen atoms in total. The van der Waals surface area contributed by atoms with Gasteiger partial charge < -0.3 is 15.8 Å². The fraction of sp³-hybridized carbons (Fsp3) is 0.562. The first-order chi connectivity index (χ1) is 11.0. The van der Waals surface area contributed by atoms with Crippen molar-refractivity contribution < 1.29 is 19.1 Å². The number of amides is 2. The monoisotopic (exact) mass is 338 g/mol. The number of nitrogens with two attached hydrogens (primary N) is 1. The van der Waals surface area contributed by atoms with Gasteiger partial charge in [-0.25, -0.2) is 0 Å². The molecule has 0 saturated heterocycles. The number of esters is 1. The smallest absolute Gasteiger partial charge is 0.306 e. The molecule has 1 heterocycles. The minimum atomic E-state index is -0.513. The summed E-state index contributed by atoms with van der Waals surface area (Å²) in [6, 6.07) is 0. The molecule has 7 heteroatoms. The van der Waals surface area contributed by atoms with E-state index in [0.29, 0.717) is 16.5 Å². The van der Waals surface area contributed by atoms with Crippen LogP contribution in [0.2, 0.25) is 0 Å². The standard InChI is InChI=1S/C16H22N2O4S/c1-3-9-4-5-10-11(8-9)23-16(14(10)15(17)21)18-12(19)6-7-13(20)22-2/h9H,3-8H2,1-2H3,(H2,17,21)(H,18,19)/t9-/m1/s1. The molecule has 0 radical (unpaired) electrons. The summed E-state index contributed by atoms with van der Waals surface area (Å²) in [6.45, 7) is 2.16. The van der Waals surface area contributed by atoms with E-state index in [0.717, 1.165) is 36.1 Å². The number of thiophene rings is 1. The number of nitrogens with one attached hydrogen (secondary N) is 1. The second kappa shape index (κ2) is 7.59. The van der Waals surface area contributed by atoms with Crippen LogP contribution < -0.4 is 11.1 Å². The molecule has 1 aliphatic carbocycles. The largest absolute Gasteiger partial charge is 0.469 e. The lowest BCUT2D eigenvalue weighted by atomic mass is 9.85. The summed E-state index contributed by atoms with van der Waals surface area (Å²) in [5.74, 6) is -0.652. The van der Waals surface area contributed by atoms with E-state index in [1.54, 1.807) is 0 Å². The Bertz CT molecular complexity index is 624. The van der Waals surface area contributed by atoms with Gasteiger partial charge in [0.2, 0.25) is 5.91 Å². The minimum absolute atomic E-state index is 0.0111. The molecule has 2 amide bonds. The first-order valence-electron chi connectivity index (χ1n) is 7.77. The number of methoxy groups -OCH3 is 1. The molecular formula is C16H22N2O4S. The molecule has 1 aromatic heterocycles. The van der Waals surface area contributed by atoms with Crippen LogP contribution in [0.25, 0.3) is 0 Å². The third-order valence-electron chi connectivity index (χ3n) is 4.23. The summed E-state index contributed by atoms with van der Waals surface area (Å²) in [6.07, 6.45) is 3.91. The van der Waals surface area contributed by atoms with Gasteiger partial charge in [-0.15, -0.1) is 11.3 Å². The van der Waals surface area contributed by atoms with Gasteiger partial charge in [0.1, 0.15) is 5.00 Å². The van der Waals surface area contributed by atoms with E-state index < -0.39 is 11.9 Å². The summed E-state index contributed by atoms with van der Waals surface area (Å²) in [4.78, 5) is 36.0. The fourth-order valence-corrected chi connectivity index (χ4v) is 4.24. The van der Waals surface area contributed by atoms with Gasteiger partial charge in [0, 0.05) is 11.3 Å². The van der Waals surface area contributed by atoms with Crippen molar-refractivity contribution in [3.8, 4) is 0 Å². The Morgan fingerprint density at radius 1 is 1.35 bits per heavy atom. The van der Waals surface area contributed by atoms with Crippen molar-refractivity contribution in [2.75, 3.05) is 12.4 Å². The maximum atomic E-state index is 12.0. The Labute approximate surface area is 139 Å². The molecule has 1 atom stereocenters. The zero-order valence-corrected chi connectivity index (χ0v) is 14.3. The lowest BCUT2D eigenvalue weighted by Gasteiger charge is -2.20. The highest BCUT2D eigenvalue weighted by molar-refractivity contribution is 7.17. The predicted molar refractivity (Wildman–Crippen MR) is 88.5 cm³/mol. The molecule has 0 aliphatic heterocycles. The number of ether oxygens (including phenoxy) is 1. The Morgan fingerprint density at radius 2 is 2.09 bits per heavy atom. The topological polar surface area (TPSA) is 98.5 Å². The molecule has 2 rings (SSSR count). The molecular weight excluding hydrogens is 316 g/mol. The highest BCUT2D eigenvalue weighted by Gasteiger charge is 2.28. The van der Waals surface area contributed by atoms with Crippen molar-refractivity contribution in [1.29, 1.82) is 0 Å². The zero-order valence-electron chi connectivity index (χ0n) is 13.4.